The van der Waals surface area contributed by atoms with Gasteiger partial charge in [-0.3, -0.25) is 4.90 Å². The van der Waals surface area contributed by atoms with Gasteiger partial charge in [0.2, 0.25) is 11.7 Å². The summed E-state index contributed by atoms with van der Waals surface area (Å²) in [5.74, 6) is 1.99. The van der Waals surface area contributed by atoms with E-state index >= 15 is 0 Å². The van der Waals surface area contributed by atoms with Gasteiger partial charge in [0.1, 0.15) is 0 Å². The molecule has 0 aliphatic carbocycles. The van der Waals surface area contributed by atoms with E-state index in [9.17, 15) is 0 Å². The standard InChI is InChI=1S/C14H20N4OS/c1-10-3-2-5-18(12(10)7-15)8-13-16-14(17-19-13)11-4-6-20-9-11/h4,6,9-10,12H,2-3,5,7-8,15H2,1H3. The number of aromatic nitrogens is 2. The Morgan fingerprint density at radius 2 is 2.45 bits per heavy atom. The number of hydrogen-bond acceptors (Lipinski definition) is 6. The maximum atomic E-state index is 5.91. The summed E-state index contributed by atoms with van der Waals surface area (Å²) in [5.41, 5.74) is 6.93. The van der Waals surface area contributed by atoms with Crippen molar-refractivity contribution in [2.75, 3.05) is 13.1 Å². The Bertz CT molecular complexity index is 539. The number of thiophene rings is 1. The second-order valence-corrected chi connectivity index (χ2v) is 6.20. The summed E-state index contributed by atoms with van der Waals surface area (Å²) in [7, 11) is 0. The second kappa shape index (κ2) is 6.03. The van der Waals surface area contributed by atoms with Crippen molar-refractivity contribution in [2.45, 2.75) is 32.4 Å². The van der Waals surface area contributed by atoms with E-state index in [-0.39, 0.29) is 0 Å². The summed E-state index contributed by atoms with van der Waals surface area (Å²) >= 11 is 1.64. The minimum atomic E-state index is 0.417. The fourth-order valence-electron chi connectivity index (χ4n) is 2.91. The van der Waals surface area contributed by atoms with E-state index in [2.05, 4.69) is 22.0 Å². The van der Waals surface area contributed by atoms with Gasteiger partial charge in [0.25, 0.3) is 0 Å². The van der Waals surface area contributed by atoms with E-state index in [1.165, 1.54) is 12.8 Å². The van der Waals surface area contributed by atoms with Gasteiger partial charge in [-0.05, 0) is 36.8 Å². The van der Waals surface area contributed by atoms with Gasteiger partial charge in [0.15, 0.2) is 0 Å². The molecule has 1 fully saturated rings. The Morgan fingerprint density at radius 3 is 3.20 bits per heavy atom. The SMILES string of the molecule is CC1CCCN(Cc2nc(-c3ccsc3)no2)C1CN. The third-order valence-electron chi connectivity index (χ3n) is 4.06. The fraction of sp³-hybridized carbons (Fsp3) is 0.571. The smallest absolute Gasteiger partial charge is 0.241 e. The zero-order valence-corrected chi connectivity index (χ0v) is 12.5. The van der Waals surface area contributed by atoms with Crippen LogP contribution in [0.1, 0.15) is 25.7 Å². The maximum Gasteiger partial charge on any atom is 0.241 e. The van der Waals surface area contributed by atoms with E-state index in [4.69, 9.17) is 10.3 Å². The van der Waals surface area contributed by atoms with E-state index in [0.717, 1.165) is 12.1 Å². The van der Waals surface area contributed by atoms with E-state index in [1.54, 1.807) is 11.3 Å². The van der Waals surface area contributed by atoms with Crippen molar-refractivity contribution in [3.63, 3.8) is 0 Å². The maximum absolute atomic E-state index is 5.91. The first-order chi connectivity index (χ1) is 9.78. The lowest BCUT2D eigenvalue weighted by Gasteiger charge is -2.38. The Hall–Kier alpha value is -1.24. The van der Waals surface area contributed by atoms with E-state index < -0.39 is 0 Å². The molecule has 3 heterocycles. The second-order valence-electron chi connectivity index (χ2n) is 5.42. The van der Waals surface area contributed by atoms with Crippen molar-refractivity contribution in [3.8, 4) is 11.4 Å². The molecule has 2 aromatic rings. The molecule has 20 heavy (non-hydrogen) atoms. The molecule has 1 saturated heterocycles. The highest BCUT2D eigenvalue weighted by Gasteiger charge is 2.28. The van der Waals surface area contributed by atoms with Crippen LogP contribution in [0.3, 0.4) is 0 Å². The van der Waals surface area contributed by atoms with Crippen LogP contribution in [0.25, 0.3) is 11.4 Å². The average Bonchev–Trinajstić information content (AvgIpc) is 3.09. The third-order valence-corrected chi connectivity index (χ3v) is 4.74. The normalized spacial score (nSPS) is 24.1. The van der Waals surface area contributed by atoms with E-state index in [0.29, 0.717) is 36.8 Å². The molecule has 1 aliphatic heterocycles. The Kier molecular flexibility index (Phi) is 4.14. The number of piperidine rings is 1. The third kappa shape index (κ3) is 2.77. The molecular formula is C14H20N4OS. The largest absolute Gasteiger partial charge is 0.338 e. The van der Waals surface area contributed by atoms with Crippen LogP contribution in [0.15, 0.2) is 21.3 Å². The van der Waals surface area contributed by atoms with Crippen molar-refractivity contribution in [1.29, 1.82) is 0 Å². The number of hydrogen-bond donors (Lipinski definition) is 1. The van der Waals surface area contributed by atoms with Crippen LogP contribution in [0.5, 0.6) is 0 Å². The fourth-order valence-corrected chi connectivity index (χ4v) is 3.55. The van der Waals surface area contributed by atoms with Gasteiger partial charge in [-0.1, -0.05) is 12.1 Å². The highest BCUT2D eigenvalue weighted by Crippen LogP contribution is 2.25. The lowest BCUT2D eigenvalue weighted by molar-refractivity contribution is 0.0874. The van der Waals surface area contributed by atoms with Crippen molar-refractivity contribution < 1.29 is 4.52 Å². The van der Waals surface area contributed by atoms with Crippen LogP contribution in [-0.2, 0) is 6.54 Å². The van der Waals surface area contributed by atoms with Crippen molar-refractivity contribution in [1.82, 2.24) is 15.0 Å². The van der Waals surface area contributed by atoms with Crippen molar-refractivity contribution in [3.05, 3.63) is 22.7 Å². The average molecular weight is 292 g/mol. The van der Waals surface area contributed by atoms with Gasteiger partial charge in [-0.15, -0.1) is 0 Å². The van der Waals surface area contributed by atoms with Gasteiger partial charge in [-0.2, -0.15) is 16.3 Å². The summed E-state index contributed by atoms with van der Waals surface area (Å²) in [6.07, 6.45) is 2.46. The molecule has 2 aromatic heterocycles. The van der Waals surface area contributed by atoms with Crippen LogP contribution in [0, 0.1) is 5.92 Å². The first-order valence-electron chi connectivity index (χ1n) is 7.07. The molecule has 2 unspecified atom stereocenters. The molecule has 6 heteroatoms. The quantitative estimate of drug-likeness (QED) is 0.937. The van der Waals surface area contributed by atoms with Gasteiger partial charge in [0.05, 0.1) is 6.54 Å². The zero-order valence-electron chi connectivity index (χ0n) is 11.7. The molecule has 0 aromatic carbocycles. The lowest BCUT2D eigenvalue weighted by Crippen LogP contribution is -2.48. The molecule has 2 atom stereocenters. The number of likely N-dealkylation sites (tertiary alicyclic amines) is 1. The summed E-state index contributed by atoms with van der Waals surface area (Å²) in [5, 5.41) is 8.10. The van der Waals surface area contributed by atoms with Crippen LogP contribution < -0.4 is 5.73 Å². The van der Waals surface area contributed by atoms with Gasteiger partial charge >= 0.3 is 0 Å². The molecule has 1 aliphatic rings. The molecule has 108 valence electrons. The molecule has 0 amide bonds. The highest BCUT2D eigenvalue weighted by atomic mass is 32.1. The monoisotopic (exact) mass is 292 g/mol. The predicted molar refractivity (Wildman–Crippen MR) is 79.3 cm³/mol. The number of rotatable bonds is 4. The van der Waals surface area contributed by atoms with Gasteiger partial charge < -0.3 is 10.3 Å². The van der Waals surface area contributed by atoms with Crippen LogP contribution >= 0.6 is 11.3 Å². The molecule has 2 N–H and O–H groups in total. The molecule has 0 saturated carbocycles. The highest BCUT2D eigenvalue weighted by molar-refractivity contribution is 7.08. The van der Waals surface area contributed by atoms with E-state index in [1.807, 2.05) is 16.8 Å². The van der Waals surface area contributed by atoms with Crippen LogP contribution in [0.2, 0.25) is 0 Å². The minimum Gasteiger partial charge on any atom is -0.338 e. The molecule has 0 bridgehead atoms. The number of nitrogens with two attached hydrogens (primary N) is 1. The topological polar surface area (TPSA) is 68.2 Å². The molecule has 5 nitrogen and oxygen atoms in total. The van der Waals surface area contributed by atoms with Gasteiger partial charge in [0, 0.05) is 23.5 Å². The predicted octanol–water partition coefficient (Wildman–Crippen LogP) is 2.36. The summed E-state index contributed by atoms with van der Waals surface area (Å²) in [4.78, 5) is 6.86. The molecule has 0 spiro atoms. The lowest BCUT2D eigenvalue weighted by atomic mass is 9.91. The Morgan fingerprint density at radius 1 is 1.55 bits per heavy atom. The zero-order chi connectivity index (χ0) is 13.9. The molecule has 0 radical (unpaired) electrons. The van der Waals surface area contributed by atoms with Gasteiger partial charge in [-0.25, -0.2) is 0 Å². The summed E-state index contributed by atoms with van der Waals surface area (Å²) < 4.78 is 5.38. The van der Waals surface area contributed by atoms with Crippen LogP contribution in [0.4, 0.5) is 0 Å². The summed E-state index contributed by atoms with van der Waals surface area (Å²) in [6.45, 7) is 4.71. The Labute approximate surface area is 122 Å². The minimum absolute atomic E-state index is 0.417. The van der Waals surface area contributed by atoms with Crippen molar-refractivity contribution in [2.24, 2.45) is 11.7 Å². The first-order valence-corrected chi connectivity index (χ1v) is 8.01. The Balaban J connectivity index is 1.71. The molecule has 3 rings (SSSR count). The number of nitrogens with zero attached hydrogens (tertiary/aromatic N) is 3. The van der Waals surface area contributed by atoms with Crippen molar-refractivity contribution >= 4 is 11.3 Å². The van der Waals surface area contributed by atoms with Crippen LogP contribution in [-0.4, -0.2) is 34.2 Å². The molecular weight excluding hydrogens is 272 g/mol. The first kappa shape index (κ1) is 13.7. The summed E-state index contributed by atoms with van der Waals surface area (Å²) in [6, 6.07) is 2.42.